The summed E-state index contributed by atoms with van der Waals surface area (Å²) < 4.78 is 10.2. The minimum Gasteiger partial charge on any atom is -0.468 e. The van der Waals surface area contributed by atoms with E-state index in [1.165, 1.54) is 18.9 Å². The van der Waals surface area contributed by atoms with Gasteiger partial charge in [-0.05, 0) is 36.4 Å². The van der Waals surface area contributed by atoms with Crippen LogP contribution in [-0.4, -0.2) is 30.5 Å². The SMILES string of the molecule is COC(=O)CSCC(=O)NCc1ccc(-c2ccc(Cl)cc2)o1. The number of carbonyl (C=O) groups is 2. The summed E-state index contributed by atoms with van der Waals surface area (Å²) in [6.45, 7) is 0.297. The Hall–Kier alpha value is -1.92. The van der Waals surface area contributed by atoms with Crippen LogP contribution in [0.1, 0.15) is 5.76 Å². The quantitative estimate of drug-likeness (QED) is 0.774. The van der Waals surface area contributed by atoms with Crippen molar-refractivity contribution in [1.82, 2.24) is 5.32 Å². The lowest BCUT2D eigenvalue weighted by molar-refractivity contribution is -0.137. The Bertz CT molecular complexity index is 669. The van der Waals surface area contributed by atoms with E-state index in [1.54, 1.807) is 12.1 Å². The molecule has 0 aliphatic rings. The molecule has 1 aromatic carbocycles. The largest absolute Gasteiger partial charge is 0.468 e. The zero-order valence-electron chi connectivity index (χ0n) is 12.5. The molecule has 1 heterocycles. The van der Waals surface area contributed by atoms with Crippen molar-refractivity contribution in [2.75, 3.05) is 18.6 Å². The summed E-state index contributed by atoms with van der Waals surface area (Å²) in [5, 5.41) is 3.40. The van der Waals surface area contributed by atoms with E-state index in [0.29, 0.717) is 23.1 Å². The second kappa shape index (κ2) is 8.64. The van der Waals surface area contributed by atoms with Gasteiger partial charge in [0, 0.05) is 10.6 Å². The highest BCUT2D eigenvalue weighted by molar-refractivity contribution is 8.00. The Kier molecular flexibility index (Phi) is 6.55. The van der Waals surface area contributed by atoms with Gasteiger partial charge in [-0.3, -0.25) is 9.59 Å². The summed E-state index contributed by atoms with van der Waals surface area (Å²) in [6.07, 6.45) is 0. The van der Waals surface area contributed by atoms with Gasteiger partial charge in [-0.2, -0.15) is 0 Å². The number of nitrogens with one attached hydrogen (secondary N) is 1. The predicted molar refractivity (Wildman–Crippen MR) is 90.3 cm³/mol. The number of amides is 1. The monoisotopic (exact) mass is 353 g/mol. The van der Waals surface area contributed by atoms with Gasteiger partial charge in [-0.25, -0.2) is 0 Å². The fourth-order valence-electron chi connectivity index (χ4n) is 1.76. The van der Waals surface area contributed by atoms with Crippen LogP contribution >= 0.6 is 23.4 Å². The van der Waals surface area contributed by atoms with Crippen molar-refractivity contribution in [2.24, 2.45) is 0 Å². The number of methoxy groups -OCH3 is 1. The van der Waals surface area contributed by atoms with Gasteiger partial charge < -0.3 is 14.5 Å². The molecule has 23 heavy (non-hydrogen) atoms. The Morgan fingerprint density at radius 1 is 1.17 bits per heavy atom. The predicted octanol–water partition coefficient (Wildman–Crippen LogP) is 3.12. The van der Waals surface area contributed by atoms with E-state index < -0.39 is 0 Å². The summed E-state index contributed by atoms with van der Waals surface area (Å²) in [7, 11) is 1.32. The fraction of sp³-hybridized carbons (Fsp3) is 0.250. The van der Waals surface area contributed by atoms with Gasteiger partial charge in [-0.15, -0.1) is 11.8 Å². The molecule has 0 saturated carbocycles. The highest BCUT2D eigenvalue weighted by atomic mass is 35.5. The van der Waals surface area contributed by atoms with Crippen molar-refractivity contribution in [2.45, 2.75) is 6.54 Å². The fourth-order valence-corrected chi connectivity index (χ4v) is 2.56. The van der Waals surface area contributed by atoms with E-state index in [9.17, 15) is 9.59 Å². The summed E-state index contributed by atoms with van der Waals surface area (Å²) in [5.74, 6) is 1.21. The number of ether oxygens (including phenoxy) is 1. The Morgan fingerprint density at radius 3 is 2.61 bits per heavy atom. The second-order valence-electron chi connectivity index (χ2n) is 4.62. The third-order valence-electron chi connectivity index (χ3n) is 2.93. The van der Waals surface area contributed by atoms with E-state index in [-0.39, 0.29) is 23.4 Å². The van der Waals surface area contributed by atoms with Crippen LogP contribution in [0, 0.1) is 0 Å². The molecular formula is C16H16ClNO4S. The molecule has 0 fully saturated rings. The van der Waals surface area contributed by atoms with Gasteiger partial charge in [0.25, 0.3) is 0 Å². The molecule has 1 amide bonds. The molecule has 5 nitrogen and oxygen atoms in total. The van der Waals surface area contributed by atoms with Crippen molar-refractivity contribution >= 4 is 35.2 Å². The van der Waals surface area contributed by atoms with Crippen LogP contribution in [0.4, 0.5) is 0 Å². The molecule has 0 atom stereocenters. The van der Waals surface area contributed by atoms with Gasteiger partial charge >= 0.3 is 5.97 Å². The standard InChI is InChI=1S/C16H16ClNO4S/c1-21-16(20)10-23-9-15(19)18-8-13-6-7-14(22-13)11-2-4-12(17)5-3-11/h2-7H,8-10H2,1H3,(H,18,19). The van der Waals surface area contributed by atoms with Crippen molar-refractivity contribution < 1.29 is 18.7 Å². The van der Waals surface area contributed by atoms with Crippen LogP contribution in [-0.2, 0) is 20.9 Å². The first-order valence-corrected chi connectivity index (χ1v) is 8.37. The number of carbonyl (C=O) groups excluding carboxylic acids is 2. The number of esters is 1. The number of halogens is 1. The van der Waals surface area contributed by atoms with E-state index in [1.807, 2.05) is 24.3 Å². The molecule has 2 rings (SSSR count). The van der Waals surface area contributed by atoms with Crippen LogP contribution in [0.2, 0.25) is 5.02 Å². The third kappa shape index (κ3) is 5.65. The molecule has 0 spiro atoms. The lowest BCUT2D eigenvalue weighted by atomic mass is 10.2. The zero-order valence-corrected chi connectivity index (χ0v) is 14.1. The van der Waals surface area contributed by atoms with Crippen molar-refractivity contribution in [3.05, 3.63) is 47.2 Å². The number of thioether (sulfide) groups is 1. The first-order chi connectivity index (χ1) is 11.1. The molecule has 0 unspecified atom stereocenters. The average molecular weight is 354 g/mol. The second-order valence-corrected chi connectivity index (χ2v) is 6.04. The number of benzene rings is 1. The van der Waals surface area contributed by atoms with E-state index in [2.05, 4.69) is 10.1 Å². The molecule has 0 aliphatic heterocycles. The van der Waals surface area contributed by atoms with E-state index in [0.717, 1.165) is 5.56 Å². The van der Waals surface area contributed by atoms with E-state index in [4.69, 9.17) is 16.0 Å². The number of furan rings is 1. The summed E-state index contributed by atoms with van der Waals surface area (Å²) in [6, 6.07) is 11.0. The number of hydrogen-bond donors (Lipinski definition) is 1. The minimum absolute atomic E-state index is 0.158. The number of rotatable bonds is 7. The topological polar surface area (TPSA) is 68.5 Å². The Balaban J connectivity index is 1.79. The minimum atomic E-state index is -0.346. The first-order valence-electron chi connectivity index (χ1n) is 6.84. The van der Waals surface area contributed by atoms with Gasteiger partial charge in [0.05, 0.1) is 25.2 Å². The Morgan fingerprint density at radius 2 is 1.91 bits per heavy atom. The smallest absolute Gasteiger partial charge is 0.315 e. The molecule has 0 aliphatic carbocycles. The third-order valence-corrected chi connectivity index (χ3v) is 4.09. The van der Waals surface area contributed by atoms with Gasteiger partial charge in [0.2, 0.25) is 5.91 Å². The van der Waals surface area contributed by atoms with Crippen LogP contribution in [0.5, 0.6) is 0 Å². The van der Waals surface area contributed by atoms with Crippen LogP contribution in [0.3, 0.4) is 0 Å². The van der Waals surface area contributed by atoms with Gasteiger partial charge in [0.15, 0.2) is 0 Å². The maximum atomic E-state index is 11.7. The highest BCUT2D eigenvalue weighted by Gasteiger charge is 2.08. The van der Waals surface area contributed by atoms with Crippen molar-refractivity contribution in [3.8, 4) is 11.3 Å². The number of hydrogen-bond acceptors (Lipinski definition) is 5. The van der Waals surface area contributed by atoms with E-state index >= 15 is 0 Å². The molecule has 7 heteroatoms. The molecule has 1 aromatic heterocycles. The highest BCUT2D eigenvalue weighted by Crippen LogP contribution is 2.23. The summed E-state index contributed by atoms with van der Waals surface area (Å²) in [4.78, 5) is 22.6. The molecule has 0 radical (unpaired) electrons. The lowest BCUT2D eigenvalue weighted by Crippen LogP contribution is -2.24. The summed E-state index contributed by atoms with van der Waals surface area (Å²) >= 11 is 7.05. The van der Waals surface area contributed by atoms with Crippen LogP contribution in [0.25, 0.3) is 11.3 Å². The average Bonchev–Trinajstić information content (AvgIpc) is 3.02. The summed E-state index contributed by atoms with van der Waals surface area (Å²) in [5.41, 5.74) is 0.917. The molecule has 0 saturated heterocycles. The molecule has 1 N–H and O–H groups in total. The maximum absolute atomic E-state index is 11.7. The van der Waals surface area contributed by atoms with Crippen LogP contribution < -0.4 is 5.32 Å². The molecule has 0 bridgehead atoms. The first kappa shape index (κ1) is 17.4. The maximum Gasteiger partial charge on any atom is 0.315 e. The van der Waals surface area contributed by atoms with Crippen molar-refractivity contribution in [1.29, 1.82) is 0 Å². The Labute approximate surface area is 143 Å². The molecule has 2 aromatic rings. The lowest BCUT2D eigenvalue weighted by Gasteiger charge is -2.03. The molecule has 122 valence electrons. The van der Waals surface area contributed by atoms with Gasteiger partial charge in [-0.1, -0.05) is 11.6 Å². The normalized spacial score (nSPS) is 10.3. The van der Waals surface area contributed by atoms with Gasteiger partial charge in [0.1, 0.15) is 11.5 Å². The van der Waals surface area contributed by atoms with Crippen molar-refractivity contribution in [3.63, 3.8) is 0 Å². The zero-order chi connectivity index (χ0) is 16.7. The van der Waals surface area contributed by atoms with Crippen LogP contribution in [0.15, 0.2) is 40.8 Å². The molecular weight excluding hydrogens is 338 g/mol.